The summed E-state index contributed by atoms with van der Waals surface area (Å²) in [6.07, 6.45) is 0.684. The van der Waals surface area contributed by atoms with Gasteiger partial charge < -0.3 is 9.84 Å². The van der Waals surface area contributed by atoms with Gasteiger partial charge in [-0.1, -0.05) is 6.92 Å². The molecule has 0 amide bonds. The highest BCUT2D eigenvalue weighted by molar-refractivity contribution is 4.77. The first-order valence-electron chi connectivity index (χ1n) is 6.30. The van der Waals surface area contributed by atoms with E-state index in [-0.39, 0.29) is 6.10 Å². The maximum Gasteiger partial charge on any atom is 0.0664 e. The van der Waals surface area contributed by atoms with Crippen molar-refractivity contribution in [3.8, 4) is 0 Å². The predicted octanol–water partition coefficient (Wildman–Crippen LogP) is 0.410. The normalized spacial score (nSPS) is 23.2. The molecule has 0 aromatic heterocycles. The molecule has 2 atom stereocenters. The van der Waals surface area contributed by atoms with E-state index in [4.69, 9.17) is 4.74 Å². The van der Waals surface area contributed by atoms with Gasteiger partial charge in [-0.15, -0.1) is 0 Å². The van der Waals surface area contributed by atoms with Crippen LogP contribution in [-0.2, 0) is 4.74 Å². The molecule has 1 saturated heterocycles. The minimum atomic E-state index is -0.164. The van der Waals surface area contributed by atoms with Crippen LogP contribution in [-0.4, -0.2) is 73.5 Å². The first-order chi connectivity index (χ1) is 7.67. The Labute approximate surface area is 99.2 Å². The van der Waals surface area contributed by atoms with Crippen LogP contribution < -0.4 is 0 Å². The number of aliphatic hydroxyl groups excluding tert-OH is 1. The summed E-state index contributed by atoms with van der Waals surface area (Å²) in [5.41, 5.74) is 0. The van der Waals surface area contributed by atoms with E-state index in [1.807, 2.05) is 6.92 Å². The average Bonchev–Trinajstić information content (AvgIpc) is 2.30. The summed E-state index contributed by atoms with van der Waals surface area (Å²) < 4.78 is 5.17. The molecule has 4 nitrogen and oxygen atoms in total. The number of aliphatic hydroxyl groups is 1. The molecule has 0 bridgehead atoms. The molecule has 1 N–H and O–H groups in total. The predicted molar refractivity (Wildman–Crippen MR) is 65.6 cm³/mol. The molecule has 1 aliphatic heterocycles. The lowest BCUT2D eigenvalue weighted by Gasteiger charge is -2.38. The van der Waals surface area contributed by atoms with E-state index in [1.54, 1.807) is 7.11 Å². The second-order valence-corrected chi connectivity index (χ2v) is 4.70. The van der Waals surface area contributed by atoms with Gasteiger partial charge in [0.25, 0.3) is 0 Å². The topological polar surface area (TPSA) is 35.9 Å². The van der Waals surface area contributed by atoms with Crippen molar-refractivity contribution >= 4 is 0 Å². The van der Waals surface area contributed by atoms with Crippen molar-refractivity contribution in [3.63, 3.8) is 0 Å². The first-order valence-corrected chi connectivity index (χ1v) is 6.30. The van der Waals surface area contributed by atoms with E-state index >= 15 is 0 Å². The largest absolute Gasteiger partial charge is 0.392 e. The van der Waals surface area contributed by atoms with Gasteiger partial charge in [0.2, 0.25) is 0 Å². The second kappa shape index (κ2) is 7.22. The van der Waals surface area contributed by atoms with Gasteiger partial charge in [0.05, 0.1) is 12.7 Å². The van der Waals surface area contributed by atoms with Gasteiger partial charge >= 0.3 is 0 Å². The lowest BCUT2D eigenvalue weighted by molar-refractivity contribution is 0.0366. The monoisotopic (exact) mass is 230 g/mol. The van der Waals surface area contributed by atoms with E-state index in [1.165, 1.54) is 0 Å². The first kappa shape index (κ1) is 13.9. The fraction of sp³-hybridized carbons (Fsp3) is 1.00. The van der Waals surface area contributed by atoms with Gasteiger partial charge in [-0.25, -0.2) is 0 Å². The molecular formula is C12H26N2O2. The van der Waals surface area contributed by atoms with Gasteiger partial charge in [0.15, 0.2) is 0 Å². The molecule has 16 heavy (non-hydrogen) atoms. The van der Waals surface area contributed by atoms with Crippen molar-refractivity contribution in [2.75, 3.05) is 46.4 Å². The van der Waals surface area contributed by atoms with E-state index < -0.39 is 0 Å². The summed E-state index contributed by atoms with van der Waals surface area (Å²) in [6, 6.07) is 0.503. The van der Waals surface area contributed by atoms with Gasteiger partial charge in [0, 0.05) is 45.9 Å². The van der Waals surface area contributed by atoms with Gasteiger partial charge in [-0.2, -0.15) is 0 Å². The van der Waals surface area contributed by atoms with Crippen LogP contribution in [0.25, 0.3) is 0 Å². The summed E-state index contributed by atoms with van der Waals surface area (Å²) in [5, 5.41) is 9.59. The van der Waals surface area contributed by atoms with Crippen LogP contribution in [0.1, 0.15) is 20.3 Å². The molecule has 0 radical (unpaired) electrons. The standard InChI is InChI=1S/C12H26N2O2/c1-4-12(15)9-13-5-7-14(8-6-13)11(2)10-16-3/h11-12,15H,4-10H2,1-3H3/t11?,12-/m1/s1. The molecule has 1 heterocycles. The van der Waals surface area contributed by atoms with Gasteiger partial charge in [-0.05, 0) is 13.3 Å². The Morgan fingerprint density at radius 1 is 1.25 bits per heavy atom. The zero-order valence-corrected chi connectivity index (χ0v) is 10.9. The molecular weight excluding hydrogens is 204 g/mol. The number of nitrogens with zero attached hydrogens (tertiary/aromatic N) is 2. The number of hydrogen-bond donors (Lipinski definition) is 1. The quantitative estimate of drug-likeness (QED) is 0.717. The molecule has 4 heteroatoms. The van der Waals surface area contributed by atoms with E-state index in [2.05, 4.69) is 16.7 Å². The highest BCUT2D eigenvalue weighted by Gasteiger charge is 2.21. The third-order valence-corrected chi connectivity index (χ3v) is 3.38. The number of methoxy groups -OCH3 is 1. The molecule has 0 aliphatic carbocycles. The third kappa shape index (κ3) is 4.37. The maximum atomic E-state index is 9.59. The number of piperazine rings is 1. The third-order valence-electron chi connectivity index (χ3n) is 3.38. The average molecular weight is 230 g/mol. The van der Waals surface area contributed by atoms with Gasteiger partial charge in [0.1, 0.15) is 0 Å². The molecule has 0 saturated carbocycles. The van der Waals surface area contributed by atoms with Crippen molar-refractivity contribution in [2.45, 2.75) is 32.4 Å². The number of ether oxygens (including phenoxy) is 1. The number of rotatable bonds is 6. The SMILES string of the molecule is CC[C@@H](O)CN1CCN(C(C)COC)CC1. The van der Waals surface area contributed by atoms with Crippen molar-refractivity contribution < 1.29 is 9.84 Å². The van der Waals surface area contributed by atoms with E-state index in [0.29, 0.717) is 6.04 Å². The summed E-state index contributed by atoms with van der Waals surface area (Å²) in [4.78, 5) is 4.81. The fourth-order valence-corrected chi connectivity index (χ4v) is 2.16. The molecule has 1 unspecified atom stereocenters. The van der Waals surface area contributed by atoms with Crippen LogP contribution in [0.3, 0.4) is 0 Å². The van der Waals surface area contributed by atoms with Crippen LogP contribution in [0.5, 0.6) is 0 Å². The smallest absolute Gasteiger partial charge is 0.0664 e. The van der Waals surface area contributed by atoms with Gasteiger partial charge in [-0.3, -0.25) is 9.80 Å². The summed E-state index contributed by atoms with van der Waals surface area (Å²) in [5.74, 6) is 0. The zero-order valence-electron chi connectivity index (χ0n) is 10.9. The van der Waals surface area contributed by atoms with Crippen molar-refractivity contribution in [1.29, 1.82) is 0 Å². The lowest BCUT2D eigenvalue weighted by atomic mass is 10.2. The van der Waals surface area contributed by atoms with E-state index in [0.717, 1.165) is 45.8 Å². The fourth-order valence-electron chi connectivity index (χ4n) is 2.16. The Balaban J connectivity index is 2.23. The van der Waals surface area contributed by atoms with E-state index in [9.17, 15) is 5.11 Å². The summed E-state index contributed by atoms with van der Waals surface area (Å²) in [6.45, 7) is 10.2. The molecule has 1 rings (SSSR count). The molecule has 1 fully saturated rings. The highest BCUT2D eigenvalue weighted by Crippen LogP contribution is 2.07. The van der Waals surface area contributed by atoms with Crippen LogP contribution >= 0.6 is 0 Å². The van der Waals surface area contributed by atoms with Crippen LogP contribution in [0.15, 0.2) is 0 Å². The Hall–Kier alpha value is -0.160. The van der Waals surface area contributed by atoms with Crippen LogP contribution in [0, 0.1) is 0 Å². The Morgan fingerprint density at radius 3 is 2.38 bits per heavy atom. The molecule has 1 aliphatic rings. The number of hydrogen-bond acceptors (Lipinski definition) is 4. The van der Waals surface area contributed by atoms with Crippen molar-refractivity contribution in [2.24, 2.45) is 0 Å². The lowest BCUT2D eigenvalue weighted by Crippen LogP contribution is -2.52. The number of β-amino-alcohol motifs (C(OH)–C–C–N with tert-alkyl or cyclic N) is 1. The molecule has 0 spiro atoms. The van der Waals surface area contributed by atoms with Crippen LogP contribution in [0.2, 0.25) is 0 Å². The highest BCUT2D eigenvalue weighted by atomic mass is 16.5. The van der Waals surface area contributed by atoms with Crippen LogP contribution in [0.4, 0.5) is 0 Å². The molecule has 0 aromatic carbocycles. The van der Waals surface area contributed by atoms with Crippen molar-refractivity contribution in [1.82, 2.24) is 9.80 Å². The molecule has 0 aromatic rings. The Kier molecular flexibility index (Phi) is 6.28. The second-order valence-electron chi connectivity index (χ2n) is 4.70. The Bertz CT molecular complexity index is 182. The molecule has 96 valence electrons. The zero-order chi connectivity index (χ0) is 12.0. The summed E-state index contributed by atoms with van der Waals surface area (Å²) >= 11 is 0. The van der Waals surface area contributed by atoms with Crippen molar-refractivity contribution in [3.05, 3.63) is 0 Å². The maximum absolute atomic E-state index is 9.59. The Morgan fingerprint density at radius 2 is 1.88 bits per heavy atom. The minimum Gasteiger partial charge on any atom is -0.392 e. The summed E-state index contributed by atoms with van der Waals surface area (Å²) in [7, 11) is 1.75. The minimum absolute atomic E-state index is 0.164.